The maximum Gasteiger partial charge on any atom is 0.325 e. The van der Waals surface area contributed by atoms with Crippen molar-refractivity contribution in [3.63, 3.8) is 0 Å². The van der Waals surface area contributed by atoms with Crippen LogP contribution in [0, 0.1) is 0 Å². The van der Waals surface area contributed by atoms with E-state index in [0.717, 1.165) is 4.90 Å². The zero-order chi connectivity index (χ0) is 16.4. The molecule has 1 atom stereocenters. The molecule has 3 rings (SSSR count). The Morgan fingerprint density at radius 2 is 1.57 bits per heavy atom. The lowest BCUT2D eigenvalue weighted by atomic mass is 9.92. The number of nitrogens with zero attached hydrogens (tertiary/aromatic N) is 1. The fourth-order valence-corrected chi connectivity index (χ4v) is 2.67. The monoisotopic (exact) mass is 308 g/mol. The molecule has 5 nitrogen and oxygen atoms in total. The Balaban J connectivity index is 1.84. The van der Waals surface area contributed by atoms with Gasteiger partial charge >= 0.3 is 6.03 Å². The summed E-state index contributed by atoms with van der Waals surface area (Å²) in [6.07, 6.45) is 0. The standard InChI is InChI=1S/C18H16N2O3/c1-18(14-10-6-3-7-11-14)16(22)20(17(23)19-18)12-15(21)13-8-4-2-5-9-13/h2-11H,12H2,1H3,(H,19,23)/t18-/m1/s1. The molecule has 2 aromatic carbocycles. The molecule has 3 amide bonds. The molecular formula is C18H16N2O3. The summed E-state index contributed by atoms with van der Waals surface area (Å²) in [5.41, 5.74) is 0.0180. The van der Waals surface area contributed by atoms with Crippen molar-refractivity contribution in [1.29, 1.82) is 0 Å². The van der Waals surface area contributed by atoms with Crippen LogP contribution < -0.4 is 5.32 Å². The van der Waals surface area contributed by atoms with Gasteiger partial charge in [0, 0.05) is 5.56 Å². The van der Waals surface area contributed by atoms with Crippen molar-refractivity contribution in [2.75, 3.05) is 6.54 Å². The molecule has 1 N–H and O–H groups in total. The Bertz CT molecular complexity index is 758. The molecule has 0 unspecified atom stereocenters. The first-order chi connectivity index (χ1) is 11.0. The Kier molecular flexibility index (Phi) is 3.70. The van der Waals surface area contributed by atoms with Gasteiger partial charge in [-0.05, 0) is 12.5 Å². The maximum atomic E-state index is 12.7. The molecule has 2 aromatic rings. The van der Waals surface area contributed by atoms with Crippen molar-refractivity contribution >= 4 is 17.7 Å². The summed E-state index contributed by atoms with van der Waals surface area (Å²) in [6.45, 7) is 1.38. The first-order valence-electron chi connectivity index (χ1n) is 7.30. The molecule has 1 aliphatic rings. The second-order valence-corrected chi connectivity index (χ2v) is 5.60. The average molecular weight is 308 g/mol. The van der Waals surface area contributed by atoms with Gasteiger partial charge in [0.2, 0.25) is 0 Å². The van der Waals surface area contributed by atoms with Crippen molar-refractivity contribution in [2.24, 2.45) is 0 Å². The van der Waals surface area contributed by atoms with E-state index in [4.69, 9.17) is 0 Å². The molecule has 1 fully saturated rings. The molecule has 0 radical (unpaired) electrons. The molecule has 1 aliphatic heterocycles. The molecular weight excluding hydrogens is 292 g/mol. The van der Waals surface area contributed by atoms with Crippen LogP contribution in [0.1, 0.15) is 22.8 Å². The highest BCUT2D eigenvalue weighted by Crippen LogP contribution is 2.28. The molecule has 116 valence electrons. The number of carbonyl (C=O) groups is 3. The van der Waals surface area contributed by atoms with Crippen LogP contribution in [0.4, 0.5) is 4.79 Å². The number of rotatable bonds is 4. The Morgan fingerprint density at radius 3 is 2.17 bits per heavy atom. The van der Waals surface area contributed by atoms with E-state index in [1.807, 2.05) is 6.07 Å². The number of ketones is 1. The SMILES string of the molecule is C[C@]1(c2ccccc2)NC(=O)N(CC(=O)c2ccccc2)C1=O. The second kappa shape index (κ2) is 5.68. The minimum Gasteiger partial charge on any atom is -0.319 e. The number of Topliss-reactive ketones (excluding diaryl/α,β-unsaturated/α-hetero) is 1. The van der Waals surface area contributed by atoms with Gasteiger partial charge in [-0.25, -0.2) is 4.79 Å². The number of amides is 3. The number of benzene rings is 2. The second-order valence-electron chi connectivity index (χ2n) is 5.60. The van der Waals surface area contributed by atoms with E-state index in [0.29, 0.717) is 11.1 Å². The maximum absolute atomic E-state index is 12.7. The largest absolute Gasteiger partial charge is 0.325 e. The molecule has 0 spiro atoms. The van der Waals surface area contributed by atoms with E-state index in [-0.39, 0.29) is 12.3 Å². The van der Waals surface area contributed by atoms with E-state index >= 15 is 0 Å². The fourth-order valence-electron chi connectivity index (χ4n) is 2.67. The highest BCUT2D eigenvalue weighted by atomic mass is 16.2. The van der Waals surface area contributed by atoms with E-state index in [1.54, 1.807) is 61.5 Å². The quantitative estimate of drug-likeness (QED) is 0.696. The lowest BCUT2D eigenvalue weighted by Gasteiger charge is -2.22. The van der Waals surface area contributed by atoms with Crippen molar-refractivity contribution in [3.8, 4) is 0 Å². The summed E-state index contributed by atoms with van der Waals surface area (Å²) in [6, 6.07) is 17.1. The van der Waals surface area contributed by atoms with Crippen LogP contribution in [0.25, 0.3) is 0 Å². The minimum atomic E-state index is -1.14. The van der Waals surface area contributed by atoms with Crippen LogP contribution in [-0.2, 0) is 10.3 Å². The van der Waals surface area contributed by atoms with Crippen molar-refractivity contribution < 1.29 is 14.4 Å². The van der Waals surface area contributed by atoms with Gasteiger partial charge in [0.1, 0.15) is 5.54 Å². The third-order valence-electron chi connectivity index (χ3n) is 4.02. The van der Waals surface area contributed by atoms with Crippen LogP contribution in [0.15, 0.2) is 60.7 Å². The first-order valence-corrected chi connectivity index (χ1v) is 7.30. The van der Waals surface area contributed by atoms with Gasteiger partial charge in [-0.2, -0.15) is 0 Å². The highest BCUT2D eigenvalue weighted by Gasteiger charge is 2.49. The fraction of sp³-hybridized carbons (Fsp3) is 0.167. The molecule has 0 aliphatic carbocycles. The zero-order valence-electron chi connectivity index (χ0n) is 12.7. The summed E-state index contributed by atoms with van der Waals surface area (Å²) < 4.78 is 0. The molecule has 1 saturated heterocycles. The van der Waals surface area contributed by atoms with Gasteiger partial charge in [0.05, 0.1) is 6.54 Å². The first kappa shape index (κ1) is 15.0. The van der Waals surface area contributed by atoms with Gasteiger partial charge < -0.3 is 5.32 Å². The normalized spacial score (nSPS) is 20.5. The zero-order valence-corrected chi connectivity index (χ0v) is 12.7. The van der Waals surface area contributed by atoms with Gasteiger partial charge in [0.15, 0.2) is 5.78 Å². The van der Waals surface area contributed by atoms with E-state index in [9.17, 15) is 14.4 Å². The predicted octanol–water partition coefficient (Wildman–Crippen LogP) is 2.34. The summed E-state index contributed by atoms with van der Waals surface area (Å²) in [4.78, 5) is 38.1. The Hall–Kier alpha value is -2.95. The molecule has 0 bridgehead atoms. The van der Waals surface area contributed by atoms with Crippen LogP contribution in [0.3, 0.4) is 0 Å². The number of hydrogen-bond acceptors (Lipinski definition) is 3. The summed E-state index contributed by atoms with van der Waals surface area (Å²) in [5, 5.41) is 2.69. The van der Waals surface area contributed by atoms with E-state index in [2.05, 4.69) is 5.32 Å². The molecule has 23 heavy (non-hydrogen) atoms. The number of hydrogen-bond donors (Lipinski definition) is 1. The minimum absolute atomic E-state index is 0.267. The highest BCUT2D eigenvalue weighted by molar-refractivity contribution is 6.11. The molecule has 0 saturated carbocycles. The Morgan fingerprint density at radius 1 is 1.00 bits per heavy atom. The number of imide groups is 1. The number of nitrogens with one attached hydrogen (secondary N) is 1. The summed E-state index contributed by atoms with van der Waals surface area (Å²) >= 11 is 0. The number of carbonyl (C=O) groups excluding carboxylic acids is 3. The van der Waals surface area contributed by atoms with Gasteiger partial charge in [-0.1, -0.05) is 60.7 Å². The molecule has 0 aromatic heterocycles. The summed E-state index contributed by atoms with van der Waals surface area (Å²) in [5.74, 6) is -0.690. The van der Waals surface area contributed by atoms with Gasteiger partial charge in [-0.15, -0.1) is 0 Å². The van der Waals surface area contributed by atoms with Crippen LogP contribution in [0.2, 0.25) is 0 Å². The van der Waals surface area contributed by atoms with Gasteiger partial charge in [0.25, 0.3) is 5.91 Å². The van der Waals surface area contributed by atoms with Crippen LogP contribution >= 0.6 is 0 Å². The van der Waals surface area contributed by atoms with Gasteiger partial charge in [-0.3, -0.25) is 14.5 Å². The topological polar surface area (TPSA) is 66.5 Å². The third kappa shape index (κ3) is 2.61. The average Bonchev–Trinajstić information content (AvgIpc) is 2.81. The lowest BCUT2D eigenvalue weighted by molar-refractivity contribution is -0.130. The smallest absolute Gasteiger partial charge is 0.319 e. The summed E-state index contributed by atoms with van der Waals surface area (Å²) in [7, 11) is 0. The van der Waals surface area contributed by atoms with Crippen LogP contribution in [-0.4, -0.2) is 29.2 Å². The van der Waals surface area contributed by atoms with Crippen LogP contribution in [0.5, 0.6) is 0 Å². The Labute approximate surface area is 133 Å². The lowest BCUT2D eigenvalue weighted by Crippen LogP contribution is -2.41. The molecule has 1 heterocycles. The van der Waals surface area contributed by atoms with Crippen molar-refractivity contribution in [3.05, 3.63) is 71.8 Å². The number of urea groups is 1. The molecule has 5 heteroatoms. The van der Waals surface area contributed by atoms with E-state index < -0.39 is 17.5 Å². The predicted molar refractivity (Wildman–Crippen MR) is 84.8 cm³/mol. The third-order valence-corrected chi connectivity index (χ3v) is 4.02. The van der Waals surface area contributed by atoms with E-state index in [1.165, 1.54) is 0 Å². The van der Waals surface area contributed by atoms with Crippen molar-refractivity contribution in [2.45, 2.75) is 12.5 Å². The van der Waals surface area contributed by atoms with Crippen molar-refractivity contribution in [1.82, 2.24) is 10.2 Å².